The van der Waals surface area contributed by atoms with Gasteiger partial charge in [0.1, 0.15) is 43.0 Å². The molecular formula is C41H72N11O17P. The molecule has 1 aliphatic carbocycles. The van der Waals surface area contributed by atoms with E-state index < -0.39 is 141 Å². The van der Waals surface area contributed by atoms with E-state index in [0.717, 1.165) is 9.13 Å². The van der Waals surface area contributed by atoms with Gasteiger partial charge < -0.3 is 82.7 Å². The van der Waals surface area contributed by atoms with Crippen molar-refractivity contribution in [3.63, 3.8) is 0 Å². The number of rotatable bonds is 19. The van der Waals surface area contributed by atoms with Crippen molar-refractivity contribution in [2.75, 3.05) is 45.9 Å². The first-order valence-electron chi connectivity index (χ1n) is 23.4. The number of H-pyrrole nitrogens is 2. The molecular weight excluding hydrogens is 949 g/mol. The van der Waals surface area contributed by atoms with Gasteiger partial charge in [-0.25, -0.2) is 14.2 Å². The van der Waals surface area contributed by atoms with E-state index in [-0.39, 0.29) is 56.4 Å². The molecule has 70 heavy (non-hydrogen) atoms. The van der Waals surface area contributed by atoms with Gasteiger partial charge in [-0.15, -0.1) is 0 Å². The van der Waals surface area contributed by atoms with E-state index in [2.05, 4.69) is 46.3 Å². The molecule has 0 spiro atoms. The predicted octanol–water partition coefficient (Wildman–Crippen LogP) is -5.51. The second-order valence-corrected chi connectivity index (χ2v) is 19.2. The van der Waals surface area contributed by atoms with Crippen molar-refractivity contribution in [3.8, 4) is 0 Å². The number of aliphatic hydroxyl groups excluding tert-OH is 4. The molecule has 4 aliphatic rings. The molecule has 4 fully saturated rings. The normalized spacial score (nSPS) is 34.2. The fraction of sp³-hybridized carbons (Fsp3) is 0.780. The number of phosphoric ester groups is 1. The lowest BCUT2D eigenvalue weighted by molar-refractivity contribution is -0.279. The summed E-state index contributed by atoms with van der Waals surface area (Å²) in [6.45, 7) is 12.3. The van der Waals surface area contributed by atoms with Crippen LogP contribution in [0.25, 0.3) is 0 Å². The summed E-state index contributed by atoms with van der Waals surface area (Å²) in [4.78, 5) is 80.0. The molecule has 2 aromatic heterocycles. The monoisotopic (exact) mass is 1020 g/mol. The number of hydrogen-bond acceptors (Lipinski definition) is 22. The topological polar surface area (TPSA) is 432 Å². The van der Waals surface area contributed by atoms with Crippen LogP contribution in [0.1, 0.15) is 70.0 Å². The maximum absolute atomic E-state index is 13.6. The maximum Gasteiger partial charge on any atom is 0.472 e. The minimum atomic E-state index is -5.09. The third-order valence-electron chi connectivity index (χ3n) is 12.9. The molecule has 0 aromatic carbocycles. The standard InChI is InChI=1S/C35H57N10O17P.C6H15N/c1-13-10-44(34(53)42-30(13)50)21-7-17(46)20(58-21)12-57-63(55,56)62-18-8-22(45-11-14(2)31(51)43-35(45)54)60-29(18)32(52)41-5-3-4-40-24-25(47)15(37)6-16(38)28(24)61-33-23(39)27(49)26(48)19(9-36)59-33;1-4-7(5-2)6-3/h10-11,15-29,33,40,46-49H,3-9,12,36-39H2,1-2H3,(H,41,52)(H,55,56)(H,42,50,53)(H,43,51,54);4-6H2,1-3H3/t15-,16+,17+,18+,19-,20-,21-,22-,23-,24+,25+,26-,27-,28-,29+,33-;/m1./s1. The maximum atomic E-state index is 13.6. The molecule has 1 saturated carbocycles. The zero-order chi connectivity index (χ0) is 51.8. The smallest absolute Gasteiger partial charge is 0.390 e. The Balaban J connectivity index is 0.00000121. The Labute approximate surface area is 402 Å². The number of nitrogens with two attached hydrogens (primary N) is 4. The van der Waals surface area contributed by atoms with Gasteiger partial charge in [-0.05, 0) is 52.9 Å². The molecule has 5 heterocycles. The van der Waals surface area contributed by atoms with Crippen molar-refractivity contribution in [1.82, 2.24) is 34.6 Å². The number of aromatic amines is 2. The SMILES string of the molecule is CCN(CC)CC.Cc1cn([C@H]2C[C@H](OP(=O)(O)OC[C@H]3O[C@@H](n4cc(C)c(=O)[nH]c4=O)C[C@@H]3O)[C@@H](C(=O)NCCCN[C@H]3[C@@H](O)[C@H](N)C[C@H](N)[C@H]3O[C@H]3O[C@H](CN)[C@@H](O)[C@H](O)[C@H]3N)O2)c(=O)[nH]c1=O. The first-order valence-corrected chi connectivity index (χ1v) is 24.9. The van der Waals surface area contributed by atoms with E-state index in [0.29, 0.717) is 0 Å². The highest BCUT2D eigenvalue weighted by molar-refractivity contribution is 7.47. The number of amides is 1. The Bertz CT molecular complexity index is 2310. The molecule has 3 saturated heterocycles. The van der Waals surface area contributed by atoms with Crippen LogP contribution in [0.4, 0.5) is 0 Å². The Morgan fingerprint density at radius 2 is 1.41 bits per heavy atom. The summed E-state index contributed by atoms with van der Waals surface area (Å²) in [6, 6.07) is -3.54. The van der Waals surface area contributed by atoms with Crippen LogP contribution >= 0.6 is 7.82 Å². The summed E-state index contributed by atoms with van der Waals surface area (Å²) in [5.74, 6) is -0.822. The zero-order valence-electron chi connectivity index (χ0n) is 39.9. The van der Waals surface area contributed by atoms with Gasteiger partial charge in [-0.1, -0.05) is 20.8 Å². The van der Waals surface area contributed by atoms with Crippen molar-refractivity contribution in [2.45, 2.75) is 158 Å². The highest BCUT2D eigenvalue weighted by atomic mass is 31.2. The number of hydrogen-bond donors (Lipinski definition) is 13. The van der Waals surface area contributed by atoms with Crippen molar-refractivity contribution in [2.24, 2.45) is 22.9 Å². The lowest BCUT2D eigenvalue weighted by Gasteiger charge is -2.47. The van der Waals surface area contributed by atoms with E-state index in [1.165, 1.54) is 45.9 Å². The predicted molar refractivity (Wildman–Crippen MR) is 248 cm³/mol. The van der Waals surface area contributed by atoms with E-state index in [1.54, 1.807) is 0 Å². The van der Waals surface area contributed by atoms with E-state index in [4.69, 9.17) is 50.9 Å². The third-order valence-corrected chi connectivity index (χ3v) is 13.9. The Kier molecular flexibility index (Phi) is 20.7. The van der Waals surface area contributed by atoms with Gasteiger partial charge in [-0.3, -0.25) is 42.5 Å². The van der Waals surface area contributed by atoms with Crippen LogP contribution in [-0.4, -0.2) is 186 Å². The minimum absolute atomic E-state index is 0.0324. The summed E-state index contributed by atoms with van der Waals surface area (Å²) in [5.41, 5.74) is 21.7. The zero-order valence-corrected chi connectivity index (χ0v) is 40.8. The molecule has 17 atom stereocenters. The molecule has 6 rings (SSSR count). The Hall–Kier alpha value is -3.62. The molecule has 398 valence electrons. The molecule has 0 bridgehead atoms. The van der Waals surface area contributed by atoms with Gasteiger partial charge in [-0.2, -0.15) is 0 Å². The Morgan fingerprint density at radius 1 is 0.829 bits per heavy atom. The van der Waals surface area contributed by atoms with Crippen molar-refractivity contribution in [1.29, 1.82) is 0 Å². The van der Waals surface area contributed by atoms with E-state index in [9.17, 15) is 53.9 Å². The minimum Gasteiger partial charge on any atom is -0.390 e. The molecule has 1 amide bonds. The molecule has 17 N–H and O–H groups in total. The van der Waals surface area contributed by atoms with Gasteiger partial charge in [0.05, 0.1) is 37.0 Å². The second-order valence-electron chi connectivity index (χ2n) is 17.8. The number of carbonyl (C=O) groups is 1. The van der Waals surface area contributed by atoms with E-state index in [1.807, 2.05) is 0 Å². The summed E-state index contributed by atoms with van der Waals surface area (Å²) < 4.78 is 49.4. The summed E-state index contributed by atoms with van der Waals surface area (Å²) in [7, 11) is -5.09. The first kappa shape index (κ1) is 57.3. The second kappa shape index (κ2) is 25.4. The molecule has 2 aromatic rings. The highest BCUT2D eigenvalue weighted by Crippen LogP contribution is 2.49. The number of carbonyl (C=O) groups excluding carboxylic acids is 1. The fourth-order valence-electron chi connectivity index (χ4n) is 8.65. The first-order chi connectivity index (χ1) is 33.0. The van der Waals surface area contributed by atoms with Gasteiger partial charge in [0.15, 0.2) is 12.4 Å². The largest absolute Gasteiger partial charge is 0.472 e. The van der Waals surface area contributed by atoms with Crippen LogP contribution in [0, 0.1) is 13.8 Å². The highest BCUT2D eigenvalue weighted by Gasteiger charge is 2.49. The van der Waals surface area contributed by atoms with Crippen molar-refractivity contribution >= 4 is 13.7 Å². The molecule has 1 unspecified atom stereocenters. The van der Waals surface area contributed by atoms with Crippen LogP contribution in [0.2, 0.25) is 0 Å². The molecule has 28 nitrogen and oxygen atoms in total. The van der Waals surface area contributed by atoms with Crippen molar-refractivity contribution < 1.29 is 62.7 Å². The van der Waals surface area contributed by atoms with Crippen LogP contribution in [-0.2, 0) is 37.4 Å². The lowest BCUT2D eigenvalue weighted by Crippen LogP contribution is -2.69. The number of phosphoric acid groups is 1. The van der Waals surface area contributed by atoms with E-state index >= 15 is 0 Å². The summed E-state index contributed by atoms with van der Waals surface area (Å²) in [6.07, 6.45) is -12.8. The number of nitrogens with one attached hydrogen (secondary N) is 4. The number of ether oxygens (including phenoxy) is 4. The number of aryl methyl sites for hydroxylation is 2. The Morgan fingerprint density at radius 3 is 1.97 bits per heavy atom. The average molecular weight is 1020 g/mol. The fourth-order valence-corrected chi connectivity index (χ4v) is 9.59. The van der Waals surface area contributed by atoms with Crippen LogP contribution < -0.4 is 56.1 Å². The van der Waals surface area contributed by atoms with Gasteiger partial charge in [0.25, 0.3) is 17.0 Å². The molecule has 29 heteroatoms. The van der Waals surface area contributed by atoms with Crippen LogP contribution in [0.3, 0.4) is 0 Å². The summed E-state index contributed by atoms with van der Waals surface area (Å²) >= 11 is 0. The van der Waals surface area contributed by atoms with Gasteiger partial charge in [0, 0.05) is 61.5 Å². The number of nitrogens with zero attached hydrogens (tertiary/aromatic N) is 3. The average Bonchev–Trinajstić information content (AvgIpc) is 3.90. The lowest BCUT2D eigenvalue weighted by atomic mass is 9.82. The van der Waals surface area contributed by atoms with Gasteiger partial charge >= 0.3 is 19.2 Å². The van der Waals surface area contributed by atoms with Crippen molar-refractivity contribution in [3.05, 3.63) is 65.2 Å². The molecule has 0 radical (unpaired) electrons. The quantitative estimate of drug-likeness (QED) is 0.0461. The van der Waals surface area contributed by atoms with Crippen LogP contribution in [0.5, 0.6) is 0 Å². The van der Waals surface area contributed by atoms with Crippen LogP contribution in [0.15, 0.2) is 31.6 Å². The summed E-state index contributed by atoms with van der Waals surface area (Å²) in [5, 5.41) is 48.2. The molecule has 3 aliphatic heterocycles. The van der Waals surface area contributed by atoms with Gasteiger partial charge in [0.2, 0.25) is 0 Å². The number of aliphatic hydroxyl groups is 4. The number of aromatic nitrogens is 4. The third kappa shape index (κ3) is 14.1.